The van der Waals surface area contributed by atoms with E-state index in [1.165, 1.54) is 12.1 Å². The Bertz CT molecular complexity index is 986. The second-order valence-corrected chi connectivity index (χ2v) is 7.59. The van der Waals surface area contributed by atoms with E-state index in [1.54, 1.807) is 18.3 Å². The van der Waals surface area contributed by atoms with Crippen molar-refractivity contribution in [2.24, 2.45) is 0 Å². The lowest BCUT2D eigenvalue weighted by molar-refractivity contribution is -0.121. The van der Waals surface area contributed by atoms with Crippen molar-refractivity contribution in [3.05, 3.63) is 77.0 Å². The van der Waals surface area contributed by atoms with E-state index >= 15 is 0 Å². The van der Waals surface area contributed by atoms with E-state index in [9.17, 15) is 9.18 Å². The third-order valence-electron chi connectivity index (χ3n) is 5.26. The van der Waals surface area contributed by atoms with E-state index in [0.29, 0.717) is 29.6 Å². The number of aromatic nitrogens is 1. The molecule has 0 radical (unpaired) electrons. The monoisotopic (exact) mass is 443 g/mol. The number of halogens is 2. The van der Waals surface area contributed by atoms with Gasteiger partial charge in [-0.15, -0.1) is 0 Å². The fraction of sp³-hybridized carbons (Fsp3) is 0.333. The summed E-state index contributed by atoms with van der Waals surface area (Å²) in [5.41, 5.74) is 1.75. The van der Waals surface area contributed by atoms with Crippen molar-refractivity contribution in [2.75, 3.05) is 19.6 Å². The summed E-state index contributed by atoms with van der Waals surface area (Å²) in [6, 6.07) is 13.7. The minimum Gasteiger partial charge on any atom is -0.441 e. The van der Waals surface area contributed by atoms with Gasteiger partial charge in [-0.1, -0.05) is 43.6 Å². The topological polar surface area (TPSA) is 58.4 Å². The average molecular weight is 444 g/mol. The van der Waals surface area contributed by atoms with Crippen molar-refractivity contribution >= 4 is 17.5 Å². The van der Waals surface area contributed by atoms with Gasteiger partial charge < -0.3 is 9.73 Å². The Labute approximate surface area is 187 Å². The minimum absolute atomic E-state index is 0.000494. The van der Waals surface area contributed by atoms with Crippen LogP contribution in [0.4, 0.5) is 4.39 Å². The number of aryl methyl sites for hydroxylation is 1. The Morgan fingerprint density at radius 1 is 1.16 bits per heavy atom. The van der Waals surface area contributed by atoms with Gasteiger partial charge in [0.2, 0.25) is 5.91 Å². The molecule has 0 aliphatic heterocycles. The van der Waals surface area contributed by atoms with Gasteiger partial charge in [0, 0.05) is 30.0 Å². The Morgan fingerprint density at radius 3 is 2.55 bits per heavy atom. The Hall–Kier alpha value is -2.70. The molecule has 0 saturated carbocycles. The summed E-state index contributed by atoms with van der Waals surface area (Å²) in [6.07, 6.45) is 2.24. The van der Waals surface area contributed by atoms with E-state index in [0.717, 1.165) is 24.2 Å². The molecule has 1 N–H and O–H groups in total. The molecule has 3 rings (SSSR count). The number of amides is 1. The molecule has 0 spiro atoms. The minimum atomic E-state index is -0.306. The number of hydrogen-bond donors (Lipinski definition) is 1. The van der Waals surface area contributed by atoms with Gasteiger partial charge in [-0.3, -0.25) is 9.69 Å². The van der Waals surface area contributed by atoms with Gasteiger partial charge >= 0.3 is 0 Å². The molecule has 0 bridgehead atoms. The van der Waals surface area contributed by atoms with Crippen molar-refractivity contribution in [1.29, 1.82) is 0 Å². The second-order valence-electron chi connectivity index (χ2n) is 7.19. The number of nitrogens with zero attached hydrogens (tertiary/aromatic N) is 2. The number of carbonyl (C=O) groups excluding carboxylic acids is 1. The number of benzene rings is 2. The van der Waals surface area contributed by atoms with Crippen molar-refractivity contribution in [2.45, 2.75) is 32.7 Å². The molecule has 0 saturated heterocycles. The van der Waals surface area contributed by atoms with Gasteiger partial charge in [0.1, 0.15) is 5.82 Å². The van der Waals surface area contributed by atoms with Crippen LogP contribution in [-0.4, -0.2) is 35.4 Å². The quantitative estimate of drug-likeness (QED) is 0.464. The predicted molar refractivity (Wildman–Crippen MR) is 120 cm³/mol. The highest BCUT2D eigenvalue weighted by Gasteiger charge is 2.21. The first-order valence-electron chi connectivity index (χ1n) is 10.5. The molecule has 0 aliphatic rings. The summed E-state index contributed by atoms with van der Waals surface area (Å²) in [4.78, 5) is 19.0. The lowest BCUT2D eigenvalue weighted by atomic mass is 10.0. The fourth-order valence-corrected chi connectivity index (χ4v) is 3.80. The largest absolute Gasteiger partial charge is 0.441 e. The van der Waals surface area contributed by atoms with E-state index in [4.69, 9.17) is 16.0 Å². The van der Waals surface area contributed by atoms with E-state index in [-0.39, 0.29) is 24.2 Å². The number of rotatable bonds is 10. The van der Waals surface area contributed by atoms with Crippen molar-refractivity contribution in [3.63, 3.8) is 0 Å². The van der Waals surface area contributed by atoms with E-state index in [1.807, 2.05) is 24.3 Å². The van der Waals surface area contributed by atoms with Gasteiger partial charge in [-0.05, 0) is 49.0 Å². The first-order valence-corrected chi connectivity index (χ1v) is 10.8. The third kappa shape index (κ3) is 6.15. The molecule has 0 fully saturated rings. The zero-order valence-corrected chi connectivity index (χ0v) is 18.5. The van der Waals surface area contributed by atoms with Crippen molar-refractivity contribution in [3.8, 4) is 11.3 Å². The summed E-state index contributed by atoms with van der Waals surface area (Å²) in [5.74, 6) is 0.641. The van der Waals surface area contributed by atoms with E-state index in [2.05, 4.69) is 29.0 Å². The van der Waals surface area contributed by atoms with Crippen LogP contribution in [0.2, 0.25) is 5.02 Å². The molecule has 0 aliphatic carbocycles. The van der Waals surface area contributed by atoms with Gasteiger partial charge in [-0.25, -0.2) is 9.37 Å². The molecular weight excluding hydrogens is 417 g/mol. The maximum atomic E-state index is 13.1. The van der Waals surface area contributed by atoms with Crippen LogP contribution in [-0.2, 0) is 11.2 Å². The van der Waals surface area contributed by atoms with Gasteiger partial charge in [0.25, 0.3) is 0 Å². The van der Waals surface area contributed by atoms with Crippen LogP contribution in [0, 0.1) is 5.82 Å². The summed E-state index contributed by atoms with van der Waals surface area (Å²) in [5, 5.41) is 3.72. The van der Waals surface area contributed by atoms with Crippen LogP contribution in [0.25, 0.3) is 11.3 Å². The summed E-state index contributed by atoms with van der Waals surface area (Å²) in [7, 11) is 0. The lowest BCUT2D eigenvalue weighted by Crippen LogP contribution is -2.38. The summed E-state index contributed by atoms with van der Waals surface area (Å²) in [6.45, 7) is 6.36. The molecule has 1 amide bonds. The van der Waals surface area contributed by atoms with Crippen LogP contribution >= 0.6 is 11.6 Å². The number of likely N-dealkylation sites (N-methyl/N-ethyl adjacent to an activating group) is 1. The molecule has 5 nitrogen and oxygen atoms in total. The molecule has 2 aromatic carbocycles. The standard InChI is InChI=1S/C24H27ClFN3O2/c1-3-29(4-2)21(19-7-5-6-8-20(19)25)15-27-23(30)13-14-24-28-16-22(31-24)17-9-11-18(26)12-10-17/h5-12,16,21H,3-4,13-15H2,1-2H3,(H,27,30). The molecule has 3 aromatic rings. The Kier molecular flexibility index (Phi) is 8.20. The van der Waals surface area contributed by atoms with Crippen LogP contribution in [0.5, 0.6) is 0 Å². The summed E-state index contributed by atoms with van der Waals surface area (Å²) >= 11 is 6.41. The van der Waals surface area contributed by atoms with Gasteiger partial charge in [0.15, 0.2) is 11.7 Å². The van der Waals surface area contributed by atoms with Crippen LogP contribution in [0.3, 0.4) is 0 Å². The number of hydrogen-bond acceptors (Lipinski definition) is 4. The maximum absolute atomic E-state index is 13.1. The fourth-order valence-electron chi connectivity index (χ4n) is 3.54. The first-order chi connectivity index (χ1) is 15.0. The number of carbonyl (C=O) groups is 1. The van der Waals surface area contributed by atoms with Gasteiger partial charge in [0.05, 0.1) is 12.2 Å². The predicted octanol–water partition coefficient (Wildman–Crippen LogP) is 5.27. The third-order valence-corrected chi connectivity index (χ3v) is 5.60. The smallest absolute Gasteiger partial charge is 0.220 e. The number of nitrogens with one attached hydrogen (secondary N) is 1. The molecule has 164 valence electrons. The van der Waals surface area contributed by atoms with E-state index < -0.39 is 0 Å². The molecule has 1 unspecified atom stereocenters. The van der Waals surface area contributed by atoms with Crippen molar-refractivity contribution < 1.29 is 13.6 Å². The average Bonchev–Trinajstić information content (AvgIpc) is 3.25. The van der Waals surface area contributed by atoms with Crippen LogP contribution in [0.15, 0.2) is 59.1 Å². The Balaban J connectivity index is 1.57. The maximum Gasteiger partial charge on any atom is 0.220 e. The highest BCUT2D eigenvalue weighted by molar-refractivity contribution is 6.31. The molecule has 1 heterocycles. The molecule has 1 aromatic heterocycles. The number of oxazole rings is 1. The highest BCUT2D eigenvalue weighted by atomic mass is 35.5. The molecule has 1 atom stereocenters. The summed E-state index contributed by atoms with van der Waals surface area (Å²) < 4.78 is 18.8. The van der Waals surface area contributed by atoms with Gasteiger partial charge in [-0.2, -0.15) is 0 Å². The second kappa shape index (κ2) is 11.1. The molecular formula is C24H27ClFN3O2. The SMILES string of the molecule is CCN(CC)C(CNC(=O)CCc1ncc(-c2ccc(F)cc2)o1)c1ccccc1Cl. The van der Waals surface area contributed by atoms with Crippen LogP contribution in [0.1, 0.15) is 37.8 Å². The normalized spacial score (nSPS) is 12.2. The van der Waals surface area contributed by atoms with Crippen molar-refractivity contribution in [1.82, 2.24) is 15.2 Å². The Morgan fingerprint density at radius 2 is 1.87 bits per heavy atom. The lowest BCUT2D eigenvalue weighted by Gasteiger charge is -2.30. The van der Waals surface area contributed by atoms with Crippen LogP contribution < -0.4 is 5.32 Å². The first kappa shape index (κ1) is 23.0. The highest BCUT2D eigenvalue weighted by Crippen LogP contribution is 2.27. The zero-order chi connectivity index (χ0) is 22.2. The molecule has 7 heteroatoms. The zero-order valence-electron chi connectivity index (χ0n) is 17.8. The molecule has 31 heavy (non-hydrogen) atoms.